The van der Waals surface area contributed by atoms with E-state index in [4.69, 9.17) is 15.5 Å². The Bertz CT molecular complexity index is 868. The topological polar surface area (TPSA) is 133 Å². The highest BCUT2D eigenvalue weighted by Crippen LogP contribution is 2.17. The van der Waals surface area contributed by atoms with Gasteiger partial charge in [0, 0.05) is 11.3 Å². The van der Waals surface area contributed by atoms with Gasteiger partial charge in [0.15, 0.2) is 0 Å². The number of hydrogen-bond donors (Lipinski definition) is 3. The van der Waals surface area contributed by atoms with Crippen LogP contribution in [-0.2, 0) is 10.1 Å². The van der Waals surface area contributed by atoms with Crippen LogP contribution >= 0.6 is 0 Å². The number of nitrogens with zero attached hydrogens (tertiary/aromatic N) is 1. The molecule has 0 saturated carbocycles. The lowest BCUT2D eigenvalue weighted by Gasteiger charge is -2.07. The molecule has 0 heterocycles. The van der Waals surface area contributed by atoms with Crippen molar-refractivity contribution in [2.75, 3.05) is 11.1 Å². The summed E-state index contributed by atoms with van der Waals surface area (Å²) < 4.78 is 30.7. The summed E-state index contributed by atoms with van der Waals surface area (Å²) in [7, 11) is -4.27. The van der Waals surface area contributed by atoms with E-state index in [1.54, 1.807) is 0 Å². The van der Waals surface area contributed by atoms with Crippen LogP contribution in [0.4, 0.5) is 11.4 Å². The second-order valence-corrected chi connectivity index (χ2v) is 5.79. The van der Waals surface area contributed by atoms with Gasteiger partial charge >= 0.3 is 0 Å². The third kappa shape index (κ3) is 3.41. The van der Waals surface area contributed by atoms with Gasteiger partial charge in [-0.1, -0.05) is 0 Å². The quantitative estimate of drug-likeness (QED) is 0.582. The monoisotopic (exact) mass is 317 g/mol. The van der Waals surface area contributed by atoms with E-state index < -0.39 is 16.0 Å². The first kappa shape index (κ1) is 15.5. The van der Waals surface area contributed by atoms with E-state index in [9.17, 15) is 13.2 Å². The molecule has 8 heteroatoms. The van der Waals surface area contributed by atoms with Gasteiger partial charge in [-0.3, -0.25) is 9.35 Å². The summed E-state index contributed by atoms with van der Waals surface area (Å²) in [4.78, 5) is 11.8. The molecule has 112 valence electrons. The van der Waals surface area contributed by atoms with Crippen molar-refractivity contribution in [2.24, 2.45) is 0 Å². The molecular formula is C14H11N3O4S. The zero-order chi connectivity index (χ0) is 16.3. The predicted molar refractivity (Wildman–Crippen MR) is 79.8 cm³/mol. The summed E-state index contributed by atoms with van der Waals surface area (Å²) in [5, 5.41) is 11.3. The first-order valence-electron chi connectivity index (χ1n) is 6.00. The maximum atomic E-state index is 12.0. The Morgan fingerprint density at radius 1 is 1.18 bits per heavy atom. The summed E-state index contributed by atoms with van der Waals surface area (Å²) >= 11 is 0. The normalized spacial score (nSPS) is 10.7. The number of nitrogen functional groups attached to an aromatic ring is 1. The Morgan fingerprint density at radius 2 is 1.82 bits per heavy atom. The van der Waals surface area contributed by atoms with Crippen LogP contribution in [0.3, 0.4) is 0 Å². The van der Waals surface area contributed by atoms with Crippen molar-refractivity contribution in [3.8, 4) is 6.07 Å². The molecular weight excluding hydrogens is 306 g/mol. The average molecular weight is 317 g/mol. The molecule has 0 aromatic heterocycles. The lowest BCUT2D eigenvalue weighted by atomic mass is 10.1. The Balaban J connectivity index is 2.19. The van der Waals surface area contributed by atoms with Crippen LogP contribution in [0, 0.1) is 11.3 Å². The number of nitrogens with one attached hydrogen (secondary N) is 1. The van der Waals surface area contributed by atoms with E-state index in [-0.39, 0.29) is 21.7 Å². The van der Waals surface area contributed by atoms with Crippen molar-refractivity contribution in [1.29, 1.82) is 5.26 Å². The molecule has 0 saturated heterocycles. The fraction of sp³-hybridized carbons (Fsp3) is 0. The SMILES string of the molecule is N#Cc1ccc(C(=O)Nc2ccc(S(=O)(=O)O)cc2)cc1N. The molecule has 1 amide bonds. The standard InChI is InChI=1S/C14H11N3O4S/c15-8-10-2-1-9(7-13(10)16)14(18)17-11-3-5-12(6-4-11)22(19,20)21/h1-7H,16H2,(H,17,18)(H,19,20,21). The van der Waals surface area contributed by atoms with Crippen LogP contribution in [0.5, 0.6) is 0 Å². The van der Waals surface area contributed by atoms with Crippen LogP contribution in [0.15, 0.2) is 47.4 Å². The van der Waals surface area contributed by atoms with Crippen molar-refractivity contribution >= 4 is 27.4 Å². The maximum Gasteiger partial charge on any atom is 0.294 e. The first-order chi connectivity index (χ1) is 10.3. The van der Waals surface area contributed by atoms with E-state index in [1.165, 1.54) is 30.3 Å². The van der Waals surface area contributed by atoms with Crippen molar-refractivity contribution in [3.63, 3.8) is 0 Å². The third-order valence-corrected chi connectivity index (χ3v) is 3.71. The van der Waals surface area contributed by atoms with Crippen LogP contribution in [0.25, 0.3) is 0 Å². The van der Waals surface area contributed by atoms with Gasteiger partial charge in [-0.2, -0.15) is 13.7 Å². The summed E-state index contributed by atoms with van der Waals surface area (Å²) in [6.45, 7) is 0. The summed E-state index contributed by atoms with van der Waals surface area (Å²) in [5.41, 5.74) is 6.70. The zero-order valence-electron chi connectivity index (χ0n) is 11.1. The second kappa shape index (κ2) is 5.85. The minimum absolute atomic E-state index is 0.192. The smallest absolute Gasteiger partial charge is 0.294 e. The fourth-order valence-electron chi connectivity index (χ4n) is 1.72. The molecule has 0 aliphatic carbocycles. The highest BCUT2D eigenvalue weighted by molar-refractivity contribution is 7.85. The predicted octanol–water partition coefficient (Wildman–Crippen LogP) is 1.64. The molecule has 0 spiro atoms. The highest BCUT2D eigenvalue weighted by atomic mass is 32.2. The van der Waals surface area contributed by atoms with Gasteiger partial charge in [0.25, 0.3) is 16.0 Å². The van der Waals surface area contributed by atoms with Crippen LogP contribution in [0.2, 0.25) is 0 Å². The van der Waals surface area contributed by atoms with Crippen molar-refractivity contribution in [1.82, 2.24) is 0 Å². The number of carbonyl (C=O) groups is 1. The fourth-order valence-corrected chi connectivity index (χ4v) is 2.20. The Morgan fingerprint density at radius 3 is 2.32 bits per heavy atom. The summed E-state index contributed by atoms with van der Waals surface area (Å²) in [6, 6.07) is 11.2. The molecule has 7 nitrogen and oxygen atoms in total. The third-order valence-electron chi connectivity index (χ3n) is 2.84. The summed E-state index contributed by atoms with van der Waals surface area (Å²) in [6.07, 6.45) is 0. The largest absolute Gasteiger partial charge is 0.398 e. The lowest BCUT2D eigenvalue weighted by Crippen LogP contribution is -2.12. The van der Waals surface area contributed by atoms with E-state index in [2.05, 4.69) is 5.32 Å². The Kier molecular flexibility index (Phi) is 4.12. The number of hydrogen-bond acceptors (Lipinski definition) is 5. The van der Waals surface area contributed by atoms with E-state index in [0.29, 0.717) is 5.69 Å². The number of anilines is 2. The molecule has 2 rings (SSSR count). The molecule has 0 unspecified atom stereocenters. The van der Waals surface area contributed by atoms with Gasteiger partial charge in [0.2, 0.25) is 0 Å². The molecule has 4 N–H and O–H groups in total. The van der Waals surface area contributed by atoms with Crippen molar-refractivity contribution in [2.45, 2.75) is 4.90 Å². The number of benzene rings is 2. The van der Waals surface area contributed by atoms with Gasteiger partial charge in [0.05, 0.1) is 16.1 Å². The van der Waals surface area contributed by atoms with Crippen molar-refractivity contribution in [3.05, 3.63) is 53.6 Å². The molecule has 0 bridgehead atoms. The number of nitrogens with two attached hydrogens (primary N) is 1. The number of nitriles is 1. The lowest BCUT2D eigenvalue weighted by molar-refractivity contribution is 0.102. The average Bonchev–Trinajstić information content (AvgIpc) is 2.46. The molecule has 0 atom stereocenters. The molecule has 0 fully saturated rings. The minimum Gasteiger partial charge on any atom is -0.398 e. The van der Waals surface area contributed by atoms with Crippen LogP contribution in [-0.4, -0.2) is 18.9 Å². The van der Waals surface area contributed by atoms with Gasteiger partial charge < -0.3 is 11.1 Å². The Hall–Kier alpha value is -2.89. The molecule has 22 heavy (non-hydrogen) atoms. The molecule has 0 aliphatic heterocycles. The second-order valence-electron chi connectivity index (χ2n) is 4.37. The Labute approximate surface area is 126 Å². The number of amides is 1. The highest BCUT2D eigenvalue weighted by Gasteiger charge is 2.11. The maximum absolute atomic E-state index is 12.0. The minimum atomic E-state index is -4.27. The van der Waals surface area contributed by atoms with Gasteiger partial charge in [-0.15, -0.1) is 0 Å². The van der Waals surface area contributed by atoms with Gasteiger partial charge in [0.1, 0.15) is 6.07 Å². The van der Waals surface area contributed by atoms with Gasteiger partial charge in [-0.05, 0) is 42.5 Å². The molecule has 2 aromatic rings. The van der Waals surface area contributed by atoms with E-state index in [1.807, 2.05) is 6.07 Å². The molecule has 0 radical (unpaired) electrons. The number of rotatable bonds is 3. The first-order valence-corrected chi connectivity index (χ1v) is 7.44. The zero-order valence-corrected chi connectivity index (χ0v) is 12.0. The van der Waals surface area contributed by atoms with E-state index >= 15 is 0 Å². The van der Waals surface area contributed by atoms with Crippen LogP contribution < -0.4 is 11.1 Å². The molecule has 2 aromatic carbocycles. The number of carbonyl (C=O) groups excluding carboxylic acids is 1. The van der Waals surface area contributed by atoms with Crippen LogP contribution in [0.1, 0.15) is 15.9 Å². The van der Waals surface area contributed by atoms with Gasteiger partial charge in [-0.25, -0.2) is 0 Å². The van der Waals surface area contributed by atoms with E-state index in [0.717, 1.165) is 12.1 Å². The van der Waals surface area contributed by atoms with Crippen molar-refractivity contribution < 1.29 is 17.8 Å². The molecule has 0 aliphatic rings. The summed E-state index contributed by atoms with van der Waals surface area (Å²) in [5.74, 6) is -0.462.